The summed E-state index contributed by atoms with van der Waals surface area (Å²) in [6.45, 7) is 5.31. The molecule has 1 amide bonds. The number of nitrogens with zero attached hydrogens (tertiary/aromatic N) is 4. The van der Waals surface area contributed by atoms with E-state index in [9.17, 15) is 19.7 Å². The molecule has 2 heterocycles. The quantitative estimate of drug-likeness (QED) is 0.486. The number of benzene rings is 1. The van der Waals surface area contributed by atoms with E-state index in [0.29, 0.717) is 23.4 Å². The average molecular weight is 396 g/mol. The Morgan fingerprint density at radius 1 is 1.28 bits per heavy atom. The van der Waals surface area contributed by atoms with Crippen molar-refractivity contribution in [3.8, 4) is 5.95 Å². The highest BCUT2D eigenvalue weighted by Gasteiger charge is 2.18. The summed E-state index contributed by atoms with van der Waals surface area (Å²) in [5, 5.41) is 18.1. The standard InChI is InChI=1S/C19H20N6O4/c1-4-5-14-10-17(26)22-19(20-14)24-16(8-12(3)23-24)21-18(27)13-7-6-11(2)15(9-13)25(28)29/h6-10H,4-5H2,1-3H3,(H,21,27)(H,20,22,26). The number of aromatic amines is 1. The Morgan fingerprint density at radius 2 is 2.03 bits per heavy atom. The molecule has 2 aromatic heterocycles. The third kappa shape index (κ3) is 4.37. The minimum atomic E-state index is -0.540. The summed E-state index contributed by atoms with van der Waals surface area (Å²) in [6.07, 6.45) is 1.45. The summed E-state index contributed by atoms with van der Waals surface area (Å²) in [5.41, 5.74) is 1.35. The van der Waals surface area contributed by atoms with Crippen LogP contribution in [0.1, 0.15) is 40.7 Å². The van der Waals surface area contributed by atoms with Crippen molar-refractivity contribution in [2.75, 3.05) is 5.32 Å². The van der Waals surface area contributed by atoms with Crippen molar-refractivity contribution in [3.63, 3.8) is 0 Å². The monoisotopic (exact) mass is 396 g/mol. The molecule has 0 aliphatic carbocycles. The summed E-state index contributed by atoms with van der Waals surface area (Å²) in [6, 6.07) is 7.29. The van der Waals surface area contributed by atoms with E-state index in [0.717, 1.165) is 6.42 Å². The number of carbonyl (C=O) groups is 1. The lowest BCUT2D eigenvalue weighted by molar-refractivity contribution is -0.385. The molecule has 0 fully saturated rings. The molecule has 0 saturated heterocycles. The number of amides is 1. The molecule has 10 nitrogen and oxygen atoms in total. The maximum absolute atomic E-state index is 12.7. The minimum absolute atomic E-state index is 0.133. The number of nitro groups is 1. The van der Waals surface area contributed by atoms with Gasteiger partial charge in [0.05, 0.1) is 10.6 Å². The van der Waals surface area contributed by atoms with Crippen molar-refractivity contribution < 1.29 is 9.72 Å². The molecule has 2 N–H and O–H groups in total. The molecule has 0 unspecified atom stereocenters. The molecule has 29 heavy (non-hydrogen) atoms. The molecular formula is C19H20N6O4. The van der Waals surface area contributed by atoms with Gasteiger partial charge in [-0.05, 0) is 26.3 Å². The van der Waals surface area contributed by atoms with Crippen LogP contribution < -0.4 is 10.9 Å². The third-order valence-electron chi connectivity index (χ3n) is 4.23. The van der Waals surface area contributed by atoms with Gasteiger partial charge >= 0.3 is 0 Å². The first-order valence-corrected chi connectivity index (χ1v) is 9.02. The number of aromatic nitrogens is 4. The molecule has 0 aliphatic heterocycles. The van der Waals surface area contributed by atoms with Gasteiger partial charge in [0.15, 0.2) is 0 Å². The largest absolute Gasteiger partial charge is 0.306 e. The molecule has 150 valence electrons. The van der Waals surface area contributed by atoms with E-state index in [1.54, 1.807) is 19.9 Å². The van der Waals surface area contributed by atoms with Crippen molar-refractivity contribution in [3.05, 3.63) is 73.3 Å². The SMILES string of the molecule is CCCc1cc(=O)[nH]c(-n2nc(C)cc2NC(=O)c2ccc(C)c([N+](=O)[O-])c2)n1. The summed E-state index contributed by atoms with van der Waals surface area (Å²) in [7, 11) is 0. The van der Waals surface area contributed by atoms with Crippen LogP contribution in [0.3, 0.4) is 0 Å². The van der Waals surface area contributed by atoms with Crippen LogP contribution in [0.25, 0.3) is 5.95 Å². The number of hydrogen-bond acceptors (Lipinski definition) is 6. The highest BCUT2D eigenvalue weighted by atomic mass is 16.6. The molecular weight excluding hydrogens is 376 g/mol. The Labute approximate surface area is 165 Å². The third-order valence-corrected chi connectivity index (χ3v) is 4.23. The van der Waals surface area contributed by atoms with Crippen LogP contribution in [0.4, 0.5) is 11.5 Å². The fraction of sp³-hybridized carbons (Fsp3) is 0.263. The molecule has 1 aromatic carbocycles. The van der Waals surface area contributed by atoms with Crippen LogP contribution in [0.15, 0.2) is 35.1 Å². The molecule has 10 heteroatoms. The second-order valence-electron chi connectivity index (χ2n) is 6.61. The van der Waals surface area contributed by atoms with Crippen LogP contribution >= 0.6 is 0 Å². The van der Waals surface area contributed by atoms with Crippen molar-refractivity contribution in [2.45, 2.75) is 33.6 Å². The van der Waals surface area contributed by atoms with Gasteiger partial charge < -0.3 is 5.32 Å². The van der Waals surface area contributed by atoms with Crippen molar-refractivity contribution >= 4 is 17.4 Å². The van der Waals surface area contributed by atoms with Crippen LogP contribution in [0.5, 0.6) is 0 Å². The van der Waals surface area contributed by atoms with Gasteiger partial charge in [0.25, 0.3) is 17.2 Å². The van der Waals surface area contributed by atoms with Crippen LogP contribution in [0.2, 0.25) is 0 Å². The first kappa shape index (κ1) is 19.9. The normalized spacial score (nSPS) is 10.7. The number of carbonyl (C=O) groups excluding carboxylic acids is 1. The zero-order valence-electron chi connectivity index (χ0n) is 16.2. The lowest BCUT2D eigenvalue weighted by Crippen LogP contribution is -2.19. The number of rotatable bonds is 6. The molecule has 0 atom stereocenters. The summed E-state index contributed by atoms with van der Waals surface area (Å²) < 4.78 is 1.33. The molecule has 0 aliphatic rings. The number of aryl methyl sites for hydroxylation is 3. The Hall–Kier alpha value is -3.82. The molecule has 0 spiro atoms. The Kier molecular flexibility index (Phi) is 5.53. The number of nitrogens with one attached hydrogen (secondary N) is 2. The van der Waals surface area contributed by atoms with Gasteiger partial charge in [-0.3, -0.25) is 24.7 Å². The van der Waals surface area contributed by atoms with Crippen molar-refractivity contribution in [2.24, 2.45) is 0 Å². The van der Waals surface area contributed by atoms with E-state index >= 15 is 0 Å². The zero-order chi connectivity index (χ0) is 21.1. The molecule has 0 bridgehead atoms. The highest BCUT2D eigenvalue weighted by Crippen LogP contribution is 2.21. The first-order chi connectivity index (χ1) is 13.8. The second kappa shape index (κ2) is 8.05. The number of hydrogen-bond donors (Lipinski definition) is 2. The summed E-state index contributed by atoms with van der Waals surface area (Å²) in [5.74, 6) is -0.0759. The van der Waals surface area contributed by atoms with Crippen molar-refractivity contribution in [1.82, 2.24) is 19.7 Å². The van der Waals surface area contributed by atoms with E-state index in [-0.39, 0.29) is 28.6 Å². The number of anilines is 1. The lowest BCUT2D eigenvalue weighted by Gasteiger charge is -2.09. The molecule has 0 saturated carbocycles. The maximum Gasteiger partial charge on any atom is 0.273 e. The van der Waals surface area contributed by atoms with Crippen LogP contribution in [-0.4, -0.2) is 30.6 Å². The van der Waals surface area contributed by atoms with Gasteiger partial charge in [-0.2, -0.15) is 9.78 Å². The first-order valence-electron chi connectivity index (χ1n) is 9.02. The lowest BCUT2D eigenvalue weighted by atomic mass is 10.1. The number of H-pyrrole nitrogens is 1. The zero-order valence-corrected chi connectivity index (χ0v) is 16.2. The van der Waals surface area contributed by atoms with Crippen LogP contribution in [-0.2, 0) is 6.42 Å². The van der Waals surface area contributed by atoms with Gasteiger partial charge in [-0.1, -0.05) is 19.4 Å². The number of nitro benzene ring substituents is 1. The molecule has 3 aromatic rings. The van der Waals surface area contributed by atoms with Gasteiger partial charge in [0.2, 0.25) is 5.95 Å². The van der Waals surface area contributed by atoms with E-state index in [1.807, 2.05) is 6.92 Å². The van der Waals surface area contributed by atoms with Gasteiger partial charge in [0, 0.05) is 35.0 Å². The topological polar surface area (TPSA) is 136 Å². The highest BCUT2D eigenvalue weighted by molar-refractivity contribution is 6.04. The smallest absolute Gasteiger partial charge is 0.273 e. The fourth-order valence-electron chi connectivity index (χ4n) is 2.86. The van der Waals surface area contributed by atoms with Gasteiger partial charge in [-0.25, -0.2) is 4.98 Å². The maximum atomic E-state index is 12.7. The Morgan fingerprint density at radius 3 is 2.72 bits per heavy atom. The summed E-state index contributed by atoms with van der Waals surface area (Å²) >= 11 is 0. The van der Waals surface area contributed by atoms with E-state index < -0.39 is 10.8 Å². The Balaban J connectivity index is 1.96. The average Bonchev–Trinajstić information content (AvgIpc) is 3.01. The Bertz CT molecular complexity index is 1150. The second-order valence-corrected chi connectivity index (χ2v) is 6.61. The molecule has 0 radical (unpaired) electrons. The minimum Gasteiger partial charge on any atom is -0.306 e. The van der Waals surface area contributed by atoms with Crippen LogP contribution in [0, 0.1) is 24.0 Å². The van der Waals surface area contributed by atoms with E-state index in [4.69, 9.17) is 0 Å². The van der Waals surface area contributed by atoms with Gasteiger partial charge in [0.1, 0.15) is 5.82 Å². The van der Waals surface area contributed by atoms with E-state index in [1.165, 1.54) is 28.9 Å². The van der Waals surface area contributed by atoms with E-state index in [2.05, 4.69) is 20.4 Å². The van der Waals surface area contributed by atoms with Crippen molar-refractivity contribution in [1.29, 1.82) is 0 Å². The predicted octanol–water partition coefficient (Wildman–Crippen LogP) is 2.69. The summed E-state index contributed by atoms with van der Waals surface area (Å²) in [4.78, 5) is 42.2. The molecule has 3 rings (SSSR count). The van der Waals surface area contributed by atoms with Gasteiger partial charge in [-0.15, -0.1) is 0 Å². The fourth-order valence-corrected chi connectivity index (χ4v) is 2.86. The predicted molar refractivity (Wildman–Crippen MR) is 106 cm³/mol.